The van der Waals surface area contributed by atoms with Crippen LogP contribution in [-0.4, -0.2) is 25.5 Å². The third-order valence-electron chi connectivity index (χ3n) is 2.92. The maximum atomic E-state index is 12.3. The summed E-state index contributed by atoms with van der Waals surface area (Å²) in [5.74, 6) is -0.0144. The van der Waals surface area contributed by atoms with Gasteiger partial charge in [-0.15, -0.1) is 11.3 Å². The number of rotatable bonds is 6. The van der Waals surface area contributed by atoms with Crippen LogP contribution in [0.15, 0.2) is 26.9 Å². The molecule has 0 spiro atoms. The van der Waals surface area contributed by atoms with Crippen molar-refractivity contribution in [1.29, 1.82) is 0 Å². The molecular weight excluding hydrogens is 362 g/mol. The lowest BCUT2D eigenvalue weighted by atomic mass is 10.1. The fraction of sp³-hybridized carbons (Fsp3) is 0.385. The molecule has 0 aliphatic carbocycles. The van der Waals surface area contributed by atoms with Crippen LogP contribution in [0, 0.1) is 12.8 Å². The summed E-state index contributed by atoms with van der Waals surface area (Å²) in [6.07, 6.45) is 0. The van der Waals surface area contributed by atoms with Crippen molar-refractivity contribution >= 4 is 44.7 Å². The third-order valence-corrected chi connectivity index (χ3v) is 6.09. The number of carbonyl (C=O) groups is 1. The number of carbonyl (C=O) groups excluding carboxylic acids is 1. The van der Waals surface area contributed by atoms with Crippen LogP contribution in [-0.2, 0) is 14.8 Å². The quantitative estimate of drug-likeness (QED) is 0.805. The molecule has 0 unspecified atom stereocenters. The Morgan fingerprint density at radius 2 is 2.09 bits per heavy atom. The van der Waals surface area contributed by atoms with E-state index >= 15 is 0 Å². The maximum absolute atomic E-state index is 12.3. The summed E-state index contributed by atoms with van der Waals surface area (Å²) in [5.41, 5.74) is 0. The first-order valence-corrected chi connectivity index (χ1v) is 9.38. The highest BCUT2D eigenvalue weighted by molar-refractivity contribution is 7.91. The van der Waals surface area contributed by atoms with E-state index in [0.717, 1.165) is 11.3 Å². The molecule has 2 aromatic rings. The molecule has 0 aliphatic heterocycles. The summed E-state index contributed by atoms with van der Waals surface area (Å²) in [4.78, 5) is 12.3. The van der Waals surface area contributed by atoms with Gasteiger partial charge in [0.1, 0.15) is 16.0 Å². The molecule has 0 saturated carbocycles. The Bertz CT molecular complexity index is 798. The summed E-state index contributed by atoms with van der Waals surface area (Å²) >= 11 is 6.69. The van der Waals surface area contributed by atoms with Crippen molar-refractivity contribution in [3.8, 4) is 0 Å². The highest BCUT2D eigenvalue weighted by Crippen LogP contribution is 2.26. The lowest BCUT2D eigenvalue weighted by molar-refractivity contribution is -0.118. The Labute approximate surface area is 143 Å². The van der Waals surface area contributed by atoms with E-state index in [4.69, 9.17) is 16.1 Å². The van der Waals surface area contributed by atoms with Gasteiger partial charge in [-0.1, -0.05) is 30.6 Å². The molecule has 0 aliphatic rings. The second-order valence-corrected chi connectivity index (χ2v) is 8.87. The predicted octanol–water partition coefficient (Wildman–Crippen LogP) is 2.64. The van der Waals surface area contributed by atoms with Crippen LogP contribution in [0.3, 0.4) is 0 Å². The van der Waals surface area contributed by atoms with Crippen LogP contribution in [0.2, 0.25) is 4.34 Å². The van der Waals surface area contributed by atoms with E-state index in [-0.39, 0.29) is 15.9 Å². The van der Waals surface area contributed by atoms with E-state index in [1.54, 1.807) is 26.8 Å². The Hall–Kier alpha value is -1.42. The molecule has 1 amide bonds. The molecule has 2 aromatic heterocycles. The first kappa shape index (κ1) is 17.9. The Kier molecular flexibility index (Phi) is 5.45. The van der Waals surface area contributed by atoms with E-state index in [0.29, 0.717) is 10.1 Å². The van der Waals surface area contributed by atoms with Gasteiger partial charge in [0, 0.05) is 6.07 Å². The molecule has 0 radical (unpaired) electrons. The number of thiophene rings is 1. The summed E-state index contributed by atoms with van der Waals surface area (Å²) < 4.78 is 32.4. The number of aryl methyl sites for hydroxylation is 1. The Balaban J connectivity index is 2.16. The molecule has 0 bridgehead atoms. The third kappa shape index (κ3) is 4.54. The highest BCUT2D eigenvalue weighted by atomic mass is 35.5. The standard InChI is InChI=1S/C13H16ClN3O4S2/c1-7(2)12(13(18)15-10-6-8(3)21-16-10)17-23(19,20)11-5-4-9(14)22-11/h4-7,12,17H,1-3H3,(H,15,16,18)/t12-/m0/s1. The van der Waals surface area contributed by atoms with E-state index in [1.165, 1.54) is 12.1 Å². The SMILES string of the molecule is Cc1cc(NC(=O)[C@@H](NS(=O)(=O)c2ccc(Cl)s2)C(C)C)no1. The first-order valence-electron chi connectivity index (χ1n) is 6.71. The predicted molar refractivity (Wildman–Crippen MR) is 88.1 cm³/mol. The molecule has 23 heavy (non-hydrogen) atoms. The van der Waals surface area contributed by atoms with E-state index in [9.17, 15) is 13.2 Å². The number of nitrogens with one attached hydrogen (secondary N) is 2. The van der Waals surface area contributed by atoms with Crippen LogP contribution in [0.1, 0.15) is 19.6 Å². The fourth-order valence-electron chi connectivity index (χ4n) is 1.79. The zero-order valence-corrected chi connectivity index (χ0v) is 15.1. The van der Waals surface area contributed by atoms with Gasteiger partial charge < -0.3 is 9.84 Å². The number of anilines is 1. The van der Waals surface area contributed by atoms with Gasteiger partial charge in [0.15, 0.2) is 5.82 Å². The minimum Gasteiger partial charge on any atom is -0.360 e. The molecule has 2 rings (SSSR count). The number of nitrogens with zero attached hydrogens (tertiary/aromatic N) is 1. The van der Waals surface area contributed by atoms with Crippen LogP contribution in [0.5, 0.6) is 0 Å². The minimum atomic E-state index is -3.84. The van der Waals surface area contributed by atoms with Crippen molar-refractivity contribution in [1.82, 2.24) is 9.88 Å². The van der Waals surface area contributed by atoms with Gasteiger partial charge in [-0.2, -0.15) is 4.72 Å². The zero-order chi connectivity index (χ0) is 17.2. The van der Waals surface area contributed by atoms with E-state index < -0.39 is 22.0 Å². The summed E-state index contributed by atoms with van der Waals surface area (Å²) in [5, 5.41) is 6.19. The molecule has 7 nitrogen and oxygen atoms in total. The lowest BCUT2D eigenvalue weighted by Gasteiger charge is -2.20. The number of hydrogen-bond donors (Lipinski definition) is 2. The van der Waals surface area contributed by atoms with Gasteiger partial charge in [0.2, 0.25) is 5.91 Å². The highest BCUT2D eigenvalue weighted by Gasteiger charge is 2.29. The topological polar surface area (TPSA) is 101 Å². The largest absolute Gasteiger partial charge is 0.360 e. The van der Waals surface area contributed by atoms with Crippen molar-refractivity contribution < 1.29 is 17.7 Å². The smallest absolute Gasteiger partial charge is 0.250 e. The number of hydrogen-bond acceptors (Lipinski definition) is 6. The van der Waals surface area contributed by atoms with Gasteiger partial charge in [-0.05, 0) is 25.0 Å². The van der Waals surface area contributed by atoms with Crippen molar-refractivity contribution in [3.05, 3.63) is 28.3 Å². The summed E-state index contributed by atoms with van der Waals surface area (Å²) in [6, 6.07) is 3.47. The van der Waals surface area contributed by atoms with E-state index in [2.05, 4.69) is 15.2 Å². The van der Waals surface area contributed by atoms with Gasteiger partial charge in [-0.3, -0.25) is 4.79 Å². The normalized spacial score (nSPS) is 13.3. The van der Waals surface area contributed by atoms with Crippen molar-refractivity contribution in [2.45, 2.75) is 31.0 Å². The molecule has 126 valence electrons. The lowest BCUT2D eigenvalue weighted by Crippen LogP contribution is -2.46. The van der Waals surface area contributed by atoms with Crippen LogP contribution < -0.4 is 10.0 Å². The van der Waals surface area contributed by atoms with Crippen molar-refractivity contribution in [3.63, 3.8) is 0 Å². The van der Waals surface area contributed by atoms with Crippen molar-refractivity contribution in [2.75, 3.05) is 5.32 Å². The molecule has 2 heterocycles. The van der Waals surface area contributed by atoms with Gasteiger partial charge in [0.05, 0.1) is 4.34 Å². The second kappa shape index (κ2) is 7.00. The number of aromatic nitrogens is 1. The number of amides is 1. The first-order chi connectivity index (χ1) is 10.7. The molecular formula is C13H16ClN3O4S2. The van der Waals surface area contributed by atoms with Gasteiger partial charge >= 0.3 is 0 Å². The fourth-order valence-corrected chi connectivity index (χ4v) is 4.63. The maximum Gasteiger partial charge on any atom is 0.250 e. The molecule has 0 aromatic carbocycles. The zero-order valence-electron chi connectivity index (χ0n) is 12.7. The molecule has 10 heteroatoms. The Morgan fingerprint density at radius 1 is 1.39 bits per heavy atom. The van der Waals surface area contributed by atoms with Gasteiger partial charge in [0.25, 0.3) is 10.0 Å². The number of sulfonamides is 1. The summed E-state index contributed by atoms with van der Waals surface area (Å²) in [7, 11) is -3.84. The number of halogens is 1. The molecule has 1 atom stereocenters. The molecule has 0 saturated heterocycles. The monoisotopic (exact) mass is 377 g/mol. The van der Waals surface area contributed by atoms with Crippen LogP contribution >= 0.6 is 22.9 Å². The van der Waals surface area contributed by atoms with Crippen LogP contribution in [0.25, 0.3) is 0 Å². The van der Waals surface area contributed by atoms with Gasteiger partial charge in [-0.25, -0.2) is 8.42 Å². The average molecular weight is 378 g/mol. The van der Waals surface area contributed by atoms with Crippen LogP contribution in [0.4, 0.5) is 5.82 Å². The summed E-state index contributed by atoms with van der Waals surface area (Å²) in [6.45, 7) is 5.16. The molecule has 2 N–H and O–H groups in total. The van der Waals surface area contributed by atoms with E-state index in [1.807, 2.05) is 0 Å². The average Bonchev–Trinajstić information content (AvgIpc) is 3.05. The Morgan fingerprint density at radius 3 is 2.57 bits per heavy atom. The molecule has 0 fully saturated rings. The minimum absolute atomic E-state index is 0.0539. The second-order valence-electron chi connectivity index (χ2n) is 5.21. The van der Waals surface area contributed by atoms with Crippen molar-refractivity contribution in [2.24, 2.45) is 5.92 Å².